The fourth-order valence-electron chi connectivity index (χ4n) is 5.12. The zero-order chi connectivity index (χ0) is 19.3. The van der Waals surface area contributed by atoms with E-state index < -0.39 is 0 Å². The van der Waals surface area contributed by atoms with Crippen molar-refractivity contribution in [3.05, 3.63) is 62.2 Å². The average Bonchev–Trinajstić information content (AvgIpc) is 3.46. The second-order valence-corrected chi connectivity index (χ2v) is 8.37. The standard InChI is InChI=1S/C24H34N2O2/c1-27-17-21-9-5-13-25(21)15-19-7-3-11-23(19)24-12-4-8-20(24)16-26-14-6-10-22(26)18-28-2/h3-4,7-8,11-12,21-22H,5-6,9-10,13-18H2,1-2H3/t21-,22-/m1/s1. The topological polar surface area (TPSA) is 24.9 Å². The van der Waals surface area contributed by atoms with Gasteiger partial charge in [-0.3, -0.25) is 9.80 Å². The Balaban J connectivity index is 1.35. The average molecular weight is 383 g/mol. The maximum absolute atomic E-state index is 5.44. The van der Waals surface area contributed by atoms with Crippen molar-refractivity contribution >= 4 is 0 Å². The third-order valence-corrected chi connectivity index (χ3v) is 6.57. The van der Waals surface area contributed by atoms with Crippen LogP contribution in [0.25, 0.3) is 0 Å². The molecule has 2 aliphatic heterocycles. The van der Waals surface area contributed by atoms with Crippen molar-refractivity contribution in [1.29, 1.82) is 0 Å². The van der Waals surface area contributed by atoms with E-state index in [4.69, 9.17) is 9.47 Å². The predicted octanol–water partition coefficient (Wildman–Crippen LogP) is 2.76. The van der Waals surface area contributed by atoms with E-state index in [0.29, 0.717) is 12.1 Å². The molecule has 0 aromatic carbocycles. The SMILES string of the molecule is COC[C@H]1CCCN1C[C]1[CH][CH][CH][C]1[C]1[CH][CH][CH][C]1CN1CCC[C@@H]1COC. The van der Waals surface area contributed by atoms with Gasteiger partial charge in [0, 0.05) is 51.2 Å². The number of nitrogens with zero attached hydrogens (tertiary/aromatic N) is 2. The summed E-state index contributed by atoms with van der Waals surface area (Å²) < 4.78 is 10.9. The van der Waals surface area contributed by atoms with E-state index in [1.165, 1.54) is 62.4 Å². The van der Waals surface area contributed by atoms with E-state index in [-0.39, 0.29) is 0 Å². The van der Waals surface area contributed by atoms with Crippen LogP contribution in [0.1, 0.15) is 25.7 Å². The first-order valence-electron chi connectivity index (χ1n) is 10.8. The molecule has 4 rings (SSSR count). The van der Waals surface area contributed by atoms with Gasteiger partial charge in [0.1, 0.15) is 0 Å². The third kappa shape index (κ3) is 4.77. The van der Waals surface area contributed by atoms with Crippen molar-refractivity contribution in [2.75, 3.05) is 53.6 Å². The van der Waals surface area contributed by atoms with E-state index in [1.54, 1.807) is 0 Å². The first-order chi connectivity index (χ1) is 13.8. The van der Waals surface area contributed by atoms with E-state index >= 15 is 0 Å². The zero-order valence-electron chi connectivity index (χ0n) is 17.4. The Bertz CT molecular complexity index is 432. The van der Waals surface area contributed by atoms with Crippen LogP contribution in [0.2, 0.25) is 0 Å². The number of methoxy groups -OCH3 is 2. The number of likely N-dealkylation sites (tertiary alicyclic amines) is 2. The highest BCUT2D eigenvalue weighted by atomic mass is 16.5. The molecule has 0 aromatic rings. The summed E-state index contributed by atoms with van der Waals surface area (Å²) in [5.41, 5.74) is 0. The minimum atomic E-state index is 0.561. The van der Waals surface area contributed by atoms with Crippen LogP contribution in [0.5, 0.6) is 0 Å². The Morgan fingerprint density at radius 1 is 0.750 bits per heavy atom. The van der Waals surface area contributed by atoms with Crippen molar-refractivity contribution in [2.24, 2.45) is 0 Å². The summed E-state index contributed by atoms with van der Waals surface area (Å²) in [5, 5.41) is 0. The molecule has 10 radical (unpaired) electrons. The predicted molar refractivity (Wildman–Crippen MR) is 112 cm³/mol. The molecule has 152 valence electrons. The summed E-state index contributed by atoms with van der Waals surface area (Å²) in [6.07, 6.45) is 18.7. The second-order valence-electron chi connectivity index (χ2n) is 8.37. The van der Waals surface area contributed by atoms with Gasteiger partial charge in [0.25, 0.3) is 0 Å². The highest BCUT2D eigenvalue weighted by Crippen LogP contribution is 2.50. The molecule has 0 unspecified atom stereocenters. The maximum Gasteiger partial charge on any atom is 0.0618 e. The molecule has 4 fully saturated rings. The quantitative estimate of drug-likeness (QED) is 0.612. The Labute approximate surface area is 173 Å². The number of hydrogen-bond acceptors (Lipinski definition) is 4. The fraction of sp³-hybridized carbons (Fsp3) is 0.583. The largest absolute Gasteiger partial charge is 0.383 e. The lowest BCUT2D eigenvalue weighted by molar-refractivity contribution is 0.118. The fourth-order valence-corrected chi connectivity index (χ4v) is 5.12. The Morgan fingerprint density at radius 3 is 1.64 bits per heavy atom. The maximum atomic E-state index is 5.44. The van der Waals surface area contributed by atoms with Crippen LogP contribution in [-0.2, 0) is 9.47 Å². The molecular weight excluding hydrogens is 348 g/mol. The molecule has 0 spiro atoms. The van der Waals surface area contributed by atoms with Gasteiger partial charge in [-0.15, -0.1) is 0 Å². The monoisotopic (exact) mass is 382 g/mol. The molecule has 2 saturated heterocycles. The molecule has 4 heteroatoms. The Morgan fingerprint density at radius 2 is 1.21 bits per heavy atom. The molecule has 0 aromatic heterocycles. The van der Waals surface area contributed by atoms with Gasteiger partial charge >= 0.3 is 0 Å². The van der Waals surface area contributed by atoms with Gasteiger partial charge in [-0.2, -0.15) is 0 Å². The number of ether oxygens (including phenoxy) is 2. The molecular formula is C24H34N2O2. The summed E-state index contributed by atoms with van der Waals surface area (Å²) in [5.74, 6) is 5.71. The molecule has 2 atom stereocenters. The van der Waals surface area contributed by atoms with Crippen LogP contribution in [0, 0.1) is 62.2 Å². The zero-order valence-corrected chi connectivity index (χ0v) is 17.4. The van der Waals surface area contributed by atoms with Gasteiger partial charge in [0.2, 0.25) is 0 Å². The van der Waals surface area contributed by atoms with Gasteiger partial charge in [-0.25, -0.2) is 0 Å². The van der Waals surface area contributed by atoms with Crippen LogP contribution in [0.4, 0.5) is 0 Å². The Hall–Kier alpha value is -0.160. The van der Waals surface area contributed by atoms with Crippen LogP contribution in [-0.4, -0.2) is 75.5 Å². The lowest BCUT2D eigenvalue weighted by atomic mass is 9.77. The van der Waals surface area contributed by atoms with Gasteiger partial charge in [-0.05, 0) is 89.1 Å². The van der Waals surface area contributed by atoms with Crippen LogP contribution >= 0.6 is 0 Å². The first kappa shape index (κ1) is 21.1. The number of hydrogen-bond donors (Lipinski definition) is 0. The van der Waals surface area contributed by atoms with Crippen molar-refractivity contribution in [3.8, 4) is 0 Å². The minimum absolute atomic E-state index is 0.561. The minimum Gasteiger partial charge on any atom is -0.383 e. The lowest BCUT2D eigenvalue weighted by Gasteiger charge is -2.34. The van der Waals surface area contributed by atoms with Crippen molar-refractivity contribution in [3.63, 3.8) is 0 Å². The van der Waals surface area contributed by atoms with Gasteiger partial charge in [0.15, 0.2) is 0 Å². The summed E-state index contributed by atoms with van der Waals surface area (Å²) in [6.45, 7) is 6.09. The van der Waals surface area contributed by atoms with Crippen molar-refractivity contribution < 1.29 is 9.47 Å². The second kappa shape index (κ2) is 10.2. The lowest BCUT2D eigenvalue weighted by Crippen LogP contribution is -2.39. The molecule has 2 heterocycles. The molecule has 4 aliphatic rings. The van der Waals surface area contributed by atoms with Gasteiger partial charge in [-0.1, -0.05) is 0 Å². The van der Waals surface area contributed by atoms with Crippen molar-refractivity contribution in [1.82, 2.24) is 9.80 Å². The number of rotatable bonds is 9. The van der Waals surface area contributed by atoms with E-state index in [2.05, 4.69) is 48.3 Å². The van der Waals surface area contributed by atoms with Gasteiger partial charge < -0.3 is 9.47 Å². The molecule has 0 bridgehead atoms. The molecule has 0 amide bonds. The molecule has 28 heavy (non-hydrogen) atoms. The summed E-state index contributed by atoms with van der Waals surface area (Å²) >= 11 is 0. The van der Waals surface area contributed by atoms with E-state index in [9.17, 15) is 0 Å². The summed E-state index contributed by atoms with van der Waals surface area (Å²) in [6, 6.07) is 1.12. The molecule has 2 aliphatic carbocycles. The third-order valence-electron chi connectivity index (χ3n) is 6.57. The Kier molecular flexibility index (Phi) is 7.71. The smallest absolute Gasteiger partial charge is 0.0618 e. The summed E-state index contributed by atoms with van der Waals surface area (Å²) in [7, 11) is 3.63. The molecule has 0 N–H and O–H groups in total. The van der Waals surface area contributed by atoms with Crippen LogP contribution < -0.4 is 0 Å². The van der Waals surface area contributed by atoms with E-state index in [0.717, 1.165) is 26.3 Å². The van der Waals surface area contributed by atoms with E-state index in [1.807, 2.05) is 14.2 Å². The highest BCUT2D eigenvalue weighted by molar-refractivity contribution is 5.64. The van der Waals surface area contributed by atoms with Crippen LogP contribution in [0.15, 0.2) is 0 Å². The first-order valence-corrected chi connectivity index (χ1v) is 10.8. The van der Waals surface area contributed by atoms with Crippen LogP contribution in [0.3, 0.4) is 0 Å². The van der Waals surface area contributed by atoms with Crippen molar-refractivity contribution in [2.45, 2.75) is 37.8 Å². The highest BCUT2D eigenvalue weighted by Gasteiger charge is 2.44. The summed E-state index contributed by atoms with van der Waals surface area (Å²) in [4.78, 5) is 5.19. The normalized spacial score (nSPS) is 32.4. The molecule has 2 saturated carbocycles. The van der Waals surface area contributed by atoms with Gasteiger partial charge in [0.05, 0.1) is 13.2 Å². The molecule has 4 nitrogen and oxygen atoms in total.